The van der Waals surface area contributed by atoms with Crippen molar-refractivity contribution in [2.75, 3.05) is 0 Å². The van der Waals surface area contributed by atoms with Gasteiger partial charge in [0.15, 0.2) is 0 Å². The lowest BCUT2D eigenvalue weighted by Gasteiger charge is -1.89. The Morgan fingerprint density at radius 2 is 1.92 bits per heavy atom. The van der Waals surface area contributed by atoms with Gasteiger partial charge in [0.1, 0.15) is 0 Å². The van der Waals surface area contributed by atoms with E-state index in [1.54, 1.807) is 12.2 Å². The van der Waals surface area contributed by atoms with Crippen LogP contribution in [0.15, 0.2) is 36.5 Å². The quantitative estimate of drug-likeness (QED) is 0.508. The Bertz CT molecular complexity index is 190. The van der Waals surface area contributed by atoms with Gasteiger partial charge in [-0.25, -0.2) is 0 Å². The van der Waals surface area contributed by atoms with Gasteiger partial charge in [-0.2, -0.15) is 0 Å². The molecule has 1 amide bonds. The average Bonchev–Trinajstić information content (AvgIpc) is 2.09. The molecule has 0 bridgehead atoms. The normalized spacial score (nSPS) is 10.4. The summed E-state index contributed by atoms with van der Waals surface area (Å²) in [6.07, 6.45) is 6.60. The molecule has 2 N–H and O–H groups in total. The van der Waals surface area contributed by atoms with E-state index in [0.717, 1.165) is 0 Å². The van der Waals surface area contributed by atoms with Crippen LogP contribution in [0, 0.1) is 0 Å². The summed E-state index contributed by atoms with van der Waals surface area (Å²) in [5.41, 5.74) is 5.40. The highest BCUT2D eigenvalue weighted by Gasteiger charge is 1.94. The Morgan fingerprint density at radius 1 is 1.42 bits per heavy atom. The minimum atomic E-state index is -0.451. The van der Waals surface area contributed by atoms with Crippen LogP contribution in [0.2, 0.25) is 0 Å². The summed E-state index contributed by atoms with van der Waals surface area (Å²) in [6, 6.07) is 0. The van der Waals surface area contributed by atoms with Crippen LogP contribution in [0.3, 0.4) is 0 Å². The van der Waals surface area contributed by atoms with Gasteiger partial charge >= 0.3 is 0 Å². The van der Waals surface area contributed by atoms with Crippen LogP contribution in [0.1, 0.15) is 20.8 Å². The van der Waals surface area contributed by atoms with Crippen LogP contribution in [-0.2, 0) is 4.79 Å². The second kappa shape index (κ2) is 9.69. The van der Waals surface area contributed by atoms with Gasteiger partial charge in [-0.1, -0.05) is 38.7 Å². The number of rotatable bonds is 3. The van der Waals surface area contributed by atoms with Crippen molar-refractivity contribution in [3.63, 3.8) is 0 Å². The Hall–Kier alpha value is -1.31. The van der Waals surface area contributed by atoms with E-state index in [1.807, 2.05) is 26.8 Å². The molecule has 2 nitrogen and oxygen atoms in total. The van der Waals surface area contributed by atoms with Gasteiger partial charge < -0.3 is 5.73 Å². The van der Waals surface area contributed by atoms with Gasteiger partial charge in [0.05, 0.1) is 0 Å². The average molecular weight is 167 g/mol. The van der Waals surface area contributed by atoms with Gasteiger partial charge in [0, 0.05) is 5.57 Å². The molecule has 0 spiro atoms. The molecule has 0 rings (SSSR count). The summed E-state index contributed by atoms with van der Waals surface area (Å²) >= 11 is 0. The van der Waals surface area contributed by atoms with Crippen LogP contribution in [-0.4, -0.2) is 5.91 Å². The Morgan fingerprint density at radius 3 is 2.17 bits per heavy atom. The number of nitrogens with two attached hydrogens (primary N) is 1. The van der Waals surface area contributed by atoms with E-state index in [1.165, 1.54) is 6.08 Å². The van der Waals surface area contributed by atoms with Crippen LogP contribution in [0.4, 0.5) is 0 Å². The molecule has 12 heavy (non-hydrogen) atoms. The van der Waals surface area contributed by atoms with E-state index in [9.17, 15) is 4.79 Å². The van der Waals surface area contributed by atoms with Crippen molar-refractivity contribution < 1.29 is 4.79 Å². The first kappa shape index (κ1) is 13.3. The Kier molecular flexibility index (Phi) is 10.7. The molecule has 0 aliphatic carbocycles. The smallest absolute Gasteiger partial charge is 0.248 e. The highest BCUT2D eigenvalue weighted by molar-refractivity contribution is 5.94. The van der Waals surface area contributed by atoms with Gasteiger partial charge in [-0.3, -0.25) is 4.79 Å². The molecule has 0 aliphatic rings. The molecule has 0 heterocycles. The van der Waals surface area contributed by atoms with Gasteiger partial charge in [-0.05, 0) is 13.0 Å². The number of primary amides is 1. The monoisotopic (exact) mass is 167 g/mol. The minimum Gasteiger partial charge on any atom is -0.366 e. The maximum absolute atomic E-state index is 10.5. The second-order valence-corrected chi connectivity index (χ2v) is 1.72. The van der Waals surface area contributed by atoms with Crippen molar-refractivity contribution in [3.8, 4) is 0 Å². The summed E-state index contributed by atoms with van der Waals surface area (Å²) in [5, 5.41) is 0. The van der Waals surface area contributed by atoms with Crippen molar-refractivity contribution in [2.45, 2.75) is 20.8 Å². The molecule has 0 aromatic heterocycles. The SMILES string of the molecule is C=C/C(=C\C=C/C)C(N)=O.CC. The van der Waals surface area contributed by atoms with Gasteiger partial charge in [0.25, 0.3) is 0 Å². The zero-order chi connectivity index (χ0) is 9.98. The van der Waals surface area contributed by atoms with Crippen molar-refractivity contribution in [3.05, 3.63) is 36.5 Å². The van der Waals surface area contributed by atoms with Crippen LogP contribution in [0.5, 0.6) is 0 Å². The van der Waals surface area contributed by atoms with E-state index < -0.39 is 5.91 Å². The predicted octanol–water partition coefficient (Wildman–Crippen LogP) is 2.19. The number of carbonyl (C=O) groups excluding carboxylic acids is 1. The summed E-state index contributed by atoms with van der Waals surface area (Å²) in [5.74, 6) is -0.451. The van der Waals surface area contributed by atoms with E-state index in [-0.39, 0.29) is 0 Å². The summed E-state index contributed by atoms with van der Waals surface area (Å²) in [7, 11) is 0. The number of amides is 1. The fourth-order valence-electron chi connectivity index (χ4n) is 0.451. The van der Waals surface area contributed by atoms with Gasteiger partial charge in [0.2, 0.25) is 5.91 Å². The van der Waals surface area contributed by atoms with E-state index in [0.29, 0.717) is 5.57 Å². The number of allylic oxidation sites excluding steroid dienone is 3. The van der Waals surface area contributed by atoms with E-state index in [2.05, 4.69) is 6.58 Å². The molecule has 2 heteroatoms. The van der Waals surface area contributed by atoms with Crippen molar-refractivity contribution >= 4 is 5.91 Å². The van der Waals surface area contributed by atoms with Crippen LogP contribution < -0.4 is 5.73 Å². The molecule has 0 aliphatic heterocycles. The van der Waals surface area contributed by atoms with Crippen LogP contribution >= 0.6 is 0 Å². The molecule has 0 saturated carbocycles. The molecule has 0 radical (unpaired) electrons. The maximum Gasteiger partial charge on any atom is 0.248 e. The zero-order valence-corrected chi connectivity index (χ0v) is 8.00. The molecule has 0 saturated heterocycles. The molecule has 0 aromatic carbocycles. The zero-order valence-electron chi connectivity index (χ0n) is 8.00. The lowest BCUT2D eigenvalue weighted by atomic mass is 10.2. The predicted molar refractivity (Wildman–Crippen MR) is 53.6 cm³/mol. The molecule has 68 valence electrons. The van der Waals surface area contributed by atoms with E-state index >= 15 is 0 Å². The van der Waals surface area contributed by atoms with Crippen LogP contribution in [0.25, 0.3) is 0 Å². The number of hydrogen-bond donors (Lipinski definition) is 1. The molecule has 0 aromatic rings. The molecular weight excluding hydrogens is 150 g/mol. The standard InChI is InChI=1S/C8H11NO.C2H6/c1-3-5-6-7(4-2)8(9)10;1-2/h3-6H,2H2,1H3,(H2,9,10);1-2H3/b5-3-,7-6+;. The highest BCUT2D eigenvalue weighted by atomic mass is 16.1. The molecule has 0 unspecified atom stereocenters. The fourth-order valence-corrected chi connectivity index (χ4v) is 0.451. The van der Waals surface area contributed by atoms with Crippen molar-refractivity contribution in [2.24, 2.45) is 5.73 Å². The van der Waals surface area contributed by atoms with E-state index in [4.69, 9.17) is 5.73 Å². The highest BCUT2D eigenvalue weighted by Crippen LogP contribution is 1.93. The molecular formula is C10H17NO. The third kappa shape index (κ3) is 6.81. The van der Waals surface area contributed by atoms with Crippen molar-refractivity contribution in [1.29, 1.82) is 0 Å². The molecule has 0 atom stereocenters. The lowest BCUT2D eigenvalue weighted by molar-refractivity contribution is -0.114. The summed E-state index contributed by atoms with van der Waals surface area (Å²) in [4.78, 5) is 10.5. The Labute approximate surface area is 74.5 Å². The number of hydrogen-bond acceptors (Lipinski definition) is 1. The first-order valence-electron chi connectivity index (χ1n) is 3.97. The van der Waals surface area contributed by atoms with Crippen molar-refractivity contribution in [1.82, 2.24) is 0 Å². The first-order valence-corrected chi connectivity index (χ1v) is 3.97. The third-order valence-corrected chi connectivity index (χ3v) is 0.973. The largest absolute Gasteiger partial charge is 0.366 e. The molecule has 0 fully saturated rings. The topological polar surface area (TPSA) is 43.1 Å². The summed E-state index contributed by atoms with van der Waals surface area (Å²) in [6.45, 7) is 9.29. The lowest BCUT2D eigenvalue weighted by Crippen LogP contribution is -2.11. The third-order valence-electron chi connectivity index (χ3n) is 0.973. The Balaban J connectivity index is 0. The summed E-state index contributed by atoms with van der Waals surface area (Å²) < 4.78 is 0. The second-order valence-electron chi connectivity index (χ2n) is 1.72. The maximum atomic E-state index is 10.5. The first-order chi connectivity index (χ1) is 5.72. The minimum absolute atomic E-state index is 0.429. The number of carbonyl (C=O) groups is 1. The van der Waals surface area contributed by atoms with Gasteiger partial charge in [-0.15, -0.1) is 0 Å². The fraction of sp³-hybridized carbons (Fsp3) is 0.300.